The van der Waals surface area contributed by atoms with Crippen LogP contribution in [0.1, 0.15) is 24.0 Å². The summed E-state index contributed by atoms with van der Waals surface area (Å²) in [5, 5.41) is 0.767. The molecule has 24 heavy (non-hydrogen) atoms. The predicted octanol–water partition coefficient (Wildman–Crippen LogP) is 5.68. The molecule has 0 aliphatic heterocycles. The molecule has 2 heteroatoms. The second-order valence-corrected chi connectivity index (χ2v) is 6.72. The molecule has 0 saturated carbocycles. The minimum atomic E-state index is 0.0863. The molecule has 2 atom stereocenters. The molecule has 0 saturated heterocycles. The highest BCUT2D eigenvalue weighted by atomic mass is 35.5. The second kappa shape index (κ2) is 7.65. The summed E-state index contributed by atoms with van der Waals surface area (Å²) >= 11 is 5.98. The van der Waals surface area contributed by atoms with Crippen molar-refractivity contribution in [2.75, 3.05) is 0 Å². The lowest BCUT2D eigenvalue weighted by molar-refractivity contribution is 0.565. The van der Waals surface area contributed by atoms with Gasteiger partial charge in [0.25, 0.3) is 0 Å². The van der Waals surface area contributed by atoms with Crippen LogP contribution < -0.4 is 5.73 Å². The molecule has 0 aliphatic carbocycles. The number of nitrogens with two attached hydrogens (primary N) is 1. The Hall–Kier alpha value is -2.09. The highest BCUT2D eigenvalue weighted by Crippen LogP contribution is 2.27. The van der Waals surface area contributed by atoms with E-state index < -0.39 is 0 Å². The Labute approximate surface area is 149 Å². The summed E-state index contributed by atoms with van der Waals surface area (Å²) in [6.07, 6.45) is 0.916. The third-order valence-electron chi connectivity index (χ3n) is 4.45. The van der Waals surface area contributed by atoms with Crippen molar-refractivity contribution in [3.05, 3.63) is 95.0 Å². The van der Waals surface area contributed by atoms with Crippen molar-refractivity contribution in [3.63, 3.8) is 0 Å². The van der Waals surface area contributed by atoms with Gasteiger partial charge in [-0.2, -0.15) is 0 Å². The zero-order valence-electron chi connectivity index (χ0n) is 13.8. The molecule has 3 aromatic rings. The molecular formula is C22H22ClN. The van der Waals surface area contributed by atoms with Gasteiger partial charge in [-0.05, 0) is 47.7 Å². The third kappa shape index (κ3) is 4.05. The number of benzene rings is 3. The molecule has 2 N–H and O–H groups in total. The molecule has 3 rings (SSSR count). The van der Waals surface area contributed by atoms with Gasteiger partial charge in [-0.3, -0.25) is 0 Å². The van der Waals surface area contributed by atoms with Gasteiger partial charge in [0.15, 0.2) is 0 Å². The smallest absolute Gasteiger partial charge is 0.0406 e. The molecule has 0 fully saturated rings. The van der Waals surface area contributed by atoms with Crippen molar-refractivity contribution in [3.8, 4) is 11.1 Å². The lowest BCUT2D eigenvalue weighted by Gasteiger charge is -2.22. The monoisotopic (exact) mass is 335 g/mol. The Morgan fingerprint density at radius 3 is 1.96 bits per heavy atom. The van der Waals surface area contributed by atoms with Gasteiger partial charge in [0, 0.05) is 17.0 Å². The summed E-state index contributed by atoms with van der Waals surface area (Å²) in [5.41, 5.74) is 11.3. The van der Waals surface area contributed by atoms with Crippen LogP contribution in [0.2, 0.25) is 5.02 Å². The standard InChI is InChI=1S/C22H22ClN/c1-16(24)22(15-17-7-13-21(23)14-8-17)20-11-9-19(10-12-20)18-5-3-2-4-6-18/h2-14,16,22H,15,24H2,1H3/t16-,22+/m1/s1. The highest BCUT2D eigenvalue weighted by Gasteiger charge is 2.17. The molecule has 0 heterocycles. The number of halogens is 1. The fourth-order valence-corrected chi connectivity index (χ4v) is 3.16. The average Bonchev–Trinajstić information content (AvgIpc) is 2.62. The summed E-state index contributed by atoms with van der Waals surface area (Å²) < 4.78 is 0. The first-order valence-electron chi connectivity index (χ1n) is 8.29. The Morgan fingerprint density at radius 2 is 1.38 bits per heavy atom. The van der Waals surface area contributed by atoms with Gasteiger partial charge in [-0.15, -0.1) is 0 Å². The Kier molecular flexibility index (Phi) is 5.34. The topological polar surface area (TPSA) is 26.0 Å². The van der Waals surface area contributed by atoms with Crippen LogP contribution in [-0.4, -0.2) is 6.04 Å². The van der Waals surface area contributed by atoms with E-state index in [1.54, 1.807) is 0 Å². The lowest BCUT2D eigenvalue weighted by atomic mass is 9.86. The van der Waals surface area contributed by atoms with E-state index in [1.807, 2.05) is 18.2 Å². The van der Waals surface area contributed by atoms with Gasteiger partial charge >= 0.3 is 0 Å². The lowest BCUT2D eigenvalue weighted by Crippen LogP contribution is -2.26. The fraction of sp³-hybridized carbons (Fsp3) is 0.182. The zero-order chi connectivity index (χ0) is 16.9. The van der Waals surface area contributed by atoms with Crippen molar-refractivity contribution < 1.29 is 0 Å². The van der Waals surface area contributed by atoms with Crippen LogP contribution in [0.5, 0.6) is 0 Å². The average molecular weight is 336 g/mol. The SMILES string of the molecule is C[C@@H](N)[C@H](Cc1ccc(Cl)cc1)c1ccc(-c2ccccc2)cc1. The predicted molar refractivity (Wildman–Crippen MR) is 103 cm³/mol. The van der Waals surface area contributed by atoms with Crippen LogP contribution in [0, 0.1) is 0 Å². The van der Waals surface area contributed by atoms with E-state index in [-0.39, 0.29) is 12.0 Å². The molecular weight excluding hydrogens is 314 g/mol. The largest absolute Gasteiger partial charge is 0.327 e. The van der Waals surface area contributed by atoms with Gasteiger partial charge in [-0.25, -0.2) is 0 Å². The van der Waals surface area contributed by atoms with Crippen LogP contribution in [0.3, 0.4) is 0 Å². The van der Waals surface area contributed by atoms with Crippen LogP contribution >= 0.6 is 11.6 Å². The Morgan fingerprint density at radius 1 is 0.792 bits per heavy atom. The van der Waals surface area contributed by atoms with Gasteiger partial charge < -0.3 is 5.73 Å². The first kappa shape index (κ1) is 16.8. The molecule has 0 aromatic heterocycles. The molecule has 0 bridgehead atoms. The van der Waals surface area contributed by atoms with E-state index >= 15 is 0 Å². The summed E-state index contributed by atoms with van der Waals surface area (Å²) in [6.45, 7) is 2.08. The second-order valence-electron chi connectivity index (χ2n) is 6.28. The number of hydrogen-bond donors (Lipinski definition) is 1. The minimum absolute atomic E-state index is 0.0863. The quantitative estimate of drug-likeness (QED) is 0.637. The first-order valence-corrected chi connectivity index (χ1v) is 8.66. The van der Waals surface area contributed by atoms with Crippen molar-refractivity contribution >= 4 is 11.6 Å². The van der Waals surface area contributed by atoms with E-state index in [4.69, 9.17) is 17.3 Å². The van der Waals surface area contributed by atoms with Crippen molar-refractivity contribution in [1.82, 2.24) is 0 Å². The van der Waals surface area contributed by atoms with E-state index in [9.17, 15) is 0 Å². The van der Waals surface area contributed by atoms with Gasteiger partial charge in [0.1, 0.15) is 0 Å². The van der Waals surface area contributed by atoms with Crippen LogP contribution in [0.25, 0.3) is 11.1 Å². The normalized spacial score (nSPS) is 13.5. The molecule has 0 unspecified atom stereocenters. The van der Waals surface area contributed by atoms with Crippen molar-refractivity contribution in [2.24, 2.45) is 5.73 Å². The number of rotatable bonds is 5. The minimum Gasteiger partial charge on any atom is -0.327 e. The Bertz CT molecular complexity index is 761. The molecule has 0 aliphatic rings. The number of hydrogen-bond acceptors (Lipinski definition) is 1. The van der Waals surface area contributed by atoms with Crippen molar-refractivity contribution in [2.45, 2.75) is 25.3 Å². The highest BCUT2D eigenvalue weighted by molar-refractivity contribution is 6.30. The van der Waals surface area contributed by atoms with Crippen LogP contribution in [0.4, 0.5) is 0 Å². The summed E-state index contributed by atoms with van der Waals surface area (Å²) in [7, 11) is 0. The van der Waals surface area contributed by atoms with E-state index in [2.05, 4.69) is 67.6 Å². The first-order chi connectivity index (χ1) is 11.6. The van der Waals surface area contributed by atoms with Gasteiger partial charge in [0.05, 0.1) is 0 Å². The van der Waals surface area contributed by atoms with Gasteiger partial charge in [0.2, 0.25) is 0 Å². The summed E-state index contributed by atoms with van der Waals surface area (Å²) in [5.74, 6) is 0.288. The maximum absolute atomic E-state index is 6.27. The fourth-order valence-electron chi connectivity index (χ4n) is 3.04. The van der Waals surface area contributed by atoms with Gasteiger partial charge in [-0.1, -0.05) is 78.3 Å². The van der Waals surface area contributed by atoms with Crippen LogP contribution in [0.15, 0.2) is 78.9 Å². The maximum Gasteiger partial charge on any atom is 0.0406 e. The van der Waals surface area contributed by atoms with E-state index in [1.165, 1.54) is 22.3 Å². The maximum atomic E-state index is 6.27. The zero-order valence-corrected chi connectivity index (χ0v) is 14.6. The third-order valence-corrected chi connectivity index (χ3v) is 4.70. The molecule has 122 valence electrons. The Balaban J connectivity index is 1.82. The summed E-state index contributed by atoms with van der Waals surface area (Å²) in [6, 6.07) is 27.3. The van der Waals surface area contributed by atoms with E-state index in [0.717, 1.165) is 11.4 Å². The summed E-state index contributed by atoms with van der Waals surface area (Å²) in [4.78, 5) is 0. The van der Waals surface area contributed by atoms with Crippen molar-refractivity contribution in [1.29, 1.82) is 0 Å². The van der Waals surface area contributed by atoms with E-state index in [0.29, 0.717) is 0 Å². The molecule has 1 nitrogen and oxygen atoms in total. The van der Waals surface area contributed by atoms with Crippen LogP contribution in [-0.2, 0) is 6.42 Å². The molecule has 0 spiro atoms. The molecule has 0 amide bonds. The molecule has 3 aromatic carbocycles. The molecule has 0 radical (unpaired) electrons.